The molecule has 0 atom stereocenters. The lowest BCUT2D eigenvalue weighted by molar-refractivity contribution is -0.118. The smallest absolute Gasteiger partial charge is 0.274 e. The van der Waals surface area contributed by atoms with Gasteiger partial charge in [-0.15, -0.1) is 0 Å². The van der Waals surface area contributed by atoms with Gasteiger partial charge in [0.1, 0.15) is 11.3 Å². The Morgan fingerprint density at radius 3 is 2.61 bits per heavy atom. The average Bonchev–Trinajstić information content (AvgIpc) is 2.93. The Morgan fingerprint density at radius 2 is 1.88 bits per heavy atom. The van der Waals surface area contributed by atoms with Crippen LogP contribution >= 0.6 is 0 Å². The van der Waals surface area contributed by atoms with Crippen molar-refractivity contribution in [3.8, 4) is 11.5 Å². The molecule has 1 fully saturated rings. The second-order valence-corrected chi connectivity index (χ2v) is 9.38. The van der Waals surface area contributed by atoms with E-state index in [0.29, 0.717) is 30.2 Å². The number of para-hydroxylation sites is 1. The highest BCUT2D eigenvalue weighted by Gasteiger charge is 2.32. The molecule has 8 nitrogen and oxygen atoms in total. The fraction of sp³-hybridized carbons (Fsp3) is 0.480. The summed E-state index contributed by atoms with van der Waals surface area (Å²) < 4.78 is 13.0. The van der Waals surface area contributed by atoms with Crippen molar-refractivity contribution in [1.82, 2.24) is 9.47 Å². The van der Waals surface area contributed by atoms with Crippen LogP contribution in [0.1, 0.15) is 55.5 Å². The number of pyridine rings is 1. The average molecular weight is 454 g/mol. The SMILES string of the molecule is Cn1cc(C(=O)N2CCCCCC2)cc(NC(=O)COc2cccc3c2OC(C)(C)C3)c1=O. The second-order valence-electron chi connectivity index (χ2n) is 9.38. The minimum atomic E-state index is -0.485. The number of anilines is 1. The van der Waals surface area contributed by atoms with Crippen LogP contribution in [-0.4, -0.2) is 46.6 Å². The number of carbonyl (C=O) groups excluding carboxylic acids is 2. The predicted molar refractivity (Wildman–Crippen MR) is 125 cm³/mol. The first-order chi connectivity index (χ1) is 15.7. The number of amides is 2. The Balaban J connectivity index is 1.45. The lowest BCUT2D eigenvalue weighted by Crippen LogP contribution is -2.34. The van der Waals surface area contributed by atoms with Crippen molar-refractivity contribution in [2.75, 3.05) is 25.0 Å². The van der Waals surface area contributed by atoms with Gasteiger partial charge < -0.3 is 24.3 Å². The van der Waals surface area contributed by atoms with Gasteiger partial charge in [-0.25, -0.2) is 0 Å². The first kappa shape index (κ1) is 22.9. The van der Waals surface area contributed by atoms with Crippen molar-refractivity contribution >= 4 is 17.5 Å². The van der Waals surface area contributed by atoms with E-state index in [1.807, 2.05) is 30.9 Å². The molecule has 8 heteroatoms. The summed E-state index contributed by atoms with van der Waals surface area (Å²) in [5, 5.41) is 2.61. The van der Waals surface area contributed by atoms with Crippen molar-refractivity contribution in [3.63, 3.8) is 0 Å². The van der Waals surface area contributed by atoms with Crippen LogP contribution in [0, 0.1) is 0 Å². The molecule has 0 aliphatic carbocycles. The maximum atomic E-state index is 13.0. The monoisotopic (exact) mass is 453 g/mol. The van der Waals surface area contributed by atoms with Crippen molar-refractivity contribution in [2.24, 2.45) is 7.05 Å². The van der Waals surface area contributed by atoms with E-state index in [0.717, 1.165) is 37.7 Å². The molecule has 0 radical (unpaired) electrons. The third kappa shape index (κ3) is 5.21. The molecule has 0 bridgehead atoms. The van der Waals surface area contributed by atoms with Gasteiger partial charge in [0.2, 0.25) is 0 Å². The summed E-state index contributed by atoms with van der Waals surface area (Å²) in [6.07, 6.45) is 6.47. The predicted octanol–water partition coefficient (Wildman–Crippen LogP) is 3.13. The van der Waals surface area contributed by atoms with Crippen LogP contribution < -0.4 is 20.3 Å². The zero-order chi connectivity index (χ0) is 23.6. The highest BCUT2D eigenvalue weighted by Crippen LogP contribution is 2.41. The first-order valence-corrected chi connectivity index (χ1v) is 11.5. The number of nitrogens with one attached hydrogen (secondary N) is 1. The number of likely N-dealkylation sites (tertiary alicyclic amines) is 1. The van der Waals surface area contributed by atoms with Crippen LogP contribution in [0.4, 0.5) is 5.69 Å². The van der Waals surface area contributed by atoms with Gasteiger partial charge in [-0.05, 0) is 38.8 Å². The minimum Gasteiger partial charge on any atom is -0.483 e. The lowest BCUT2D eigenvalue weighted by atomic mass is 10.0. The summed E-state index contributed by atoms with van der Waals surface area (Å²) in [6.45, 7) is 5.13. The van der Waals surface area contributed by atoms with E-state index in [-0.39, 0.29) is 29.4 Å². The summed E-state index contributed by atoms with van der Waals surface area (Å²) in [5.41, 5.74) is 0.763. The Morgan fingerprint density at radius 1 is 1.15 bits per heavy atom. The van der Waals surface area contributed by atoms with Crippen molar-refractivity contribution < 1.29 is 19.1 Å². The van der Waals surface area contributed by atoms with E-state index >= 15 is 0 Å². The molecule has 1 aromatic carbocycles. The standard InChI is InChI=1S/C25H31N3O5/c1-25(2)14-17-9-8-10-20(22(17)33-25)32-16-21(29)26-19-13-18(15-27(3)24(19)31)23(30)28-11-6-4-5-7-12-28/h8-10,13,15H,4-7,11-12,14,16H2,1-3H3,(H,26,29). The molecule has 0 saturated carbocycles. The minimum absolute atomic E-state index is 0.0578. The summed E-state index contributed by atoms with van der Waals surface area (Å²) in [5.74, 6) is 0.530. The molecular weight excluding hydrogens is 422 g/mol. The molecule has 1 aromatic heterocycles. The second kappa shape index (κ2) is 9.29. The topological polar surface area (TPSA) is 89.9 Å². The maximum Gasteiger partial charge on any atom is 0.274 e. The van der Waals surface area contributed by atoms with E-state index in [2.05, 4.69) is 5.32 Å². The molecule has 4 rings (SSSR count). The molecule has 2 amide bonds. The molecule has 2 aromatic rings. The number of aromatic nitrogens is 1. The Kier molecular flexibility index (Phi) is 6.44. The summed E-state index contributed by atoms with van der Waals surface area (Å²) in [6, 6.07) is 7.06. The number of hydrogen-bond acceptors (Lipinski definition) is 5. The normalized spacial score (nSPS) is 17.0. The van der Waals surface area contributed by atoms with Gasteiger partial charge in [-0.1, -0.05) is 25.0 Å². The largest absolute Gasteiger partial charge is 0.483 e. The highest BCUT2D eigenvalue weighted by molar-refractivity contribution is 5.97. The van der Waals surface area contributed by atoms with Gasteiger partial charge in [0.15, 0.2) is 18.1 Å². The van der Waals surface area contributed by atoms with E-state index < -0.39 is 5.91 Å². The van der Waals surface area contributed by atoms with E-state index in [1.165, 1.54) is 16.8 Å². The molecule has 1 N–H and O–H groups in total. The van der Waals surface area contributed by atoms with Crippen LogP contribution in [0.3, 0.4) is 0 Å². The number of aryl methyl sites for hydroxylation is 1. The fourth-order valence-electron chi connectivity index (χ4n) is 4.41. The van der Waals surface area contributed by atoms with E-state index in [9.17, 15) is 14.4 Å². The quantitative estimate of drug-likeness (QED) is 0.751. The number of fused-ring (bicyclic) bond motifs is 1. The van der Waals surface area contributed by atoms with Crippen LogP contribution in [0.2, 0.25) is 0 Å². The van der Waals surface area contributed by atoms with Crippen LogP contribution in [0.15, 0.2) is 35.3 Å². The molecule has 0 unspecified atom stereocenters. The summed E-state index contributed by atoms with van der Waals surface area (Å²) in [7, 11) is 1.57. The highest BCUT2D eigenvalue weighted by atomic mass is 16.5. The summed E-state index contributed by atoms with van der Waals surface area (Å²) >= 11 is 0. The Hall–Kier alpha value is -3.29. The zero-order valence-corrected chi connectivity index (χ0v) is 19.5. The van der Waals surface area contributed by atoms with Crippen molar-refractivity contribution in [2.45, 2.75) is 51.6 Å². The van der Waals surface area contributed by atoms with Gasteiger partial charge in [-0.3, -0.25) is 14.4 Å². The van der Waals surface area contributed by atoms with Crippen LogP contribution in [0.5, 0.6) is 11.5 Å². The molecular formula is C25H31N3O5. The van der Waals surface area contributed by atoms with Gasteiger partial charge >= 0.3 is 0 Å². The van der Waals surface area contributed by atoms with Crippen LogP contribution in [0.25, 0.3) is 0 Å². The lowest BCUT2D eigenvalue weighted by Gasteiger charge is -2.21. The number of benzene rings is 1. The number of nitrogens with zero attached hydrogens (tertiary/aromatic N) is 2. The molecule has 2 aliphatic heterocycles. The Bertz CT molecular complexity index is 1110. The van der Waals surface area contributed by atoms with Gasteiger partial charge in [-0.2, -0.15) is 0 Å². The van der Waals surface area contributed by atoms with Gasteiger partial charge in [0, 0.05) is 38.3 Å². The Labute approximate surface area is 193 Å². The zero-order valence-electron chi connectivity index (χ0n) is 19.5. The first-order valence-electron chi connectivity index (χ1n) is 11.5. The number of carbonyl (C=O) groups is 2. The van der Waals surface area contributed by atoms with Crippen molar-refractivity contribution in [1.29, 1.82) is 0 Å². The molecule has 176 valence electrons. The van der Waals surface area contributed by atoms with Crippen LogP contribution in [-0.2, 0) is 18.3 Å². The summed E-state index contributed by atoms with van der Waals surface area (Å²) in [4.78, 5) is 40.0. The third-order valence-corrected chi connectivity index (χ3v) is 6.01. The van der Waals surface area contributed by atoms with E-state index in [4.69, 9.17) is 9.47 Å². The van der Waals surface area contributed by atoms with Gasteiger partial charge in [0.25, 0.3) is 17.4 Å². The molecule has 0 spiro atoms. The number of ether oxygens (including phenoxy) is 2. The van der Waals surface area contributed by atoms with Crippen molar-refractivity contribution in [3.05, 3.63) is 51.9 Å². The van der Waals surface area contributed by atoms with Gasteiger partial charge in [0.05, 0.1) is 5.56 Å². The number of hydrogen-bond donors (Lipinski definition) is 1. The third-order valence-electron chi connectivity index (χ3n) is 6.01. The van der Waals surface area contributed by atoms with E-state index in [1.54, 1.807) is 13.1 Å². The molecule has 1 saturated heterocycles. The fourth-order valence-corrected chi connectivity index (χ4v) is 4.41. The maximum absolute atomic E-state index is 13.0. The molecule has 2 aliphatic rings. The molecule has 3 heterocycles. The number of rotatable bonds is 5. The molecule has 33 heavy (non-hydrogen) atoms.